The average molecular weight is 470 g/mol. The Balaban J connectivity index is 1.42. The fourth-order valence-electron chi connectivity index (χ4n) is 5.72. The molecule has 3 aliphatic heterocycles. The lowest BCUT2D eigenvalue weighted by molar-refractivity contribution is -0.135. The highest BCUT2D eigenvalue weighted by Crippen LogP contribution is 2.38. The van der Waals surface area contributed by atoms with E-state index in [1.807, 2.05) is 36.1 Å². The van der Waals surface area contributed by atoms with Gasteiger partial charge >= 0.3 is 6.03 Å². The predicted octanol–water partition coefficient (Wildman–Crippen LogP) is 4.11. The van der Waals surface area contributed by atoms with E-state index in [-0.39, 0.29) is 35.3 Å². The van der Waals surface area contributed by atoms with Crippen LogP contribution in [-0.2, 0) is 14.9 Å². The quantitative estimate of drug-likeness (QED) is 0.636. The molecule has 1 aromatic carbocycles. The Hall–Kier alpha value is -2.41. The molecule has 1 aromatic rings. The molecule has 3 fully saturated rings. The fourth-order valence-corrected chi connectivity index (χ4v) is 5.72. The third-order valence-electron chi connectivity index (χ3n) is 7.73. The topological polar surface area (TPSA) is 79.0 Å². The third-order valence-corrected chi connectivity index (χ3v) is 7.73. The van der Waals surface area contributed by atoms with Crippen molar-refractivity contribution in [1.82, 2.24) is 15.1 Å². The fraction of sp³-hybridized carbons (Fsp3) is 0.667. The van der Waals surface area contributed by atoms with Crippen LogP contribution in [0.3, 0.4) is 0 Å². The van der Waals surface area contributed by atoms with E-state index in [4.69, 9.17) is 4.74 Å². The van der Waals surface area contributed by atoms with E-state index in [0.717, 1.165) is 19.3 Å². The number of amides is 4. The highest BCUT2D eigenvalue weighted by Gasteiger charge is 2.55. The maximum atomic E-state index is 13.6. The number of nitrogens with one attached hydrogen (secondary N) is 1. The Morgan fingerprint density at radius 3 is 2.35 bits per heavy atom. The summed E-state index contributed by atoms with van der Waals surface area (Å²) < 4.78 is 5.68. The standard InChI is InChI=1S/C27H39N3O4/c1-5-14-27(24(32)30(25(33)28-27)18-22-7-6-17-34-22)21-12-15-29(16-13-21)23(31)19-8-10-20(11-9-19)26(2,3)4/h8-11,21-22H,5-7,12-18H2,1-4H3,(H,28,33). The van der Waals surface area contributed by atoms with Crippen molar-refractivity contribution in [2.45, 2.75) is 83.3 Å². The summed E-state index contributed by atoms with van der Waals surface area (Å²) in [6.07, 6.45) is 4.62. The number of hydrogen-bond acceptors (Lipinski definition) is 4. The lowest BCUT2D eigenvalue weighted by Crippen LogP contribution is -2.56. The number of urea groups is 1. The van der Waals surface area contributed by atoms with Gasteiger partial charge in [0.15, 0.2) is 0 Å². The van der Waals surface area contributed by atoms with Crippen molar-refractivity contribution in [3.8, 4) is 0 Å². The molecule has 0 spiro atoms. The number of imide groups is 1. The minimum absolute atomic E-state index is 0.0192. The molecule has 3 aliphatic rings. The zero-order valence-electron chi connectivity index (χ0n) is 21.1. The lowest BCUT2D eigenvalue weighted by Gasteiger charge is -2.41. The van der Waals surface area contributed by atoms with Crippen LogP contribution in [-0.4, -0.2) is 65.5 Å². The smallest absolute Gasteiger partial charge is 0.325 e. The summed E-state index contributed by atoms with van der Waals surface area (Å²) in [6.45, 7) is 10.7. The molecule has 186 valence electrons. The van der Waals surface area contributed by atoms with E-state index in [1.54, 1.807) is 0 Å². The molecule has 7 heteroatoms. The van der Waals surface area contributed by atoms with Crippen LogP contribution in [0.15, 0.2) is 24.3 Å². The second-order valence-electron chi connectivity index (χ2n) is 11.1. The van der Waals surface area contributed by atoms with Gasteiger partial charge in [-0.25, -0.2) is 4.79 Å². The number of ether oxygens (including phenoxy) is 1. The largest absolute Gasteiger partial charge is 0.376 e. The Labute approximate surface area is 203 Å². The maximum Gasteiger partial charge on any atom is 0.325 e. The second kappa shape index (κ2) is 9.68. The molecule has 3 saturated heterocycles. The number of likely N-dealkylation sites (tertiary alicyclic amines) is 1. The number of carbonyl (C=O) groups excluding carboxylic acids is 3. The molecule has 2 atom stereocenters. The Morgan fingerprint density at radius 1 is 1.12 bits per heavy atom. The summed E-state index contributed by atoms with van der Waals surface area (Å²) in [7, 11) is 0. The van der Waals surface area contributed by atoms with Crippen molar-refractivity contribution in [2.75, 3.05) is 26.2 Å². The normalized spacial score (nSPS) is 26.3. The van der Waals surface area contributed by atoms with Gasteiger partial charge in [0.1, 0.15) is 5.54 Å². The Morgan fingerprint density at radius 2 is 1.79 bits per heavy atom. The van der Waals surface area contributed by atoms with Crippen LogP contribution < -0.4 is 5.32 Å². The number of benzene rings is 1. The first-order valence-electron chi connectivity index (χ1n) is 12.8. The molecule has 0 saturated carbocycles. The molecule has 0 aliphatic carbocycles. The number of carbonyl (C=O) groups is 3. The zero-order chi connectivity index (χ0) is 24.5. The van der Waals surface area contributed by atoms with Gasteiger partial charge in [-0.15, -0.1) is 0 Å². The Bertz CT molecular complexity index is 909. The molecule has 2 unspecified atom stereocenters. The van der Waals surface area contributed by atoms with Crippen molar-refractivity contribution in [3.63, 3.8) is 0 Å². The van der Waals surface area contributed by atoms with Crippen LogP contribution in [0, 0.1) is 5.92 Å². The van der Waals surface area contributed by atoms with E-state index in [9.17, 15) is 14.4 Å². The van der Waals surface area contributed by atoms with Crippen LogP contribution in [0.5, 0.6) is 0 Å². The average Bonchev–Trinajstić information content (AvgIpc) is 3.41. The van der Waals surface area contributed by atoms with E-state index in [2.05, 4.69) is 26.1 Å². The predicted molar refractivity (Wildman–Crippen MR) is 131 cm³/mol. The maximum absolute atomic E-state index is 13.6. The molecular weight excluding hydrogens is 430 g/mol. The van der Waals surface area contributed by atoms with E-state index < -0.39 is 5.54 Å². The summed E-state index contributed by atoms with van der Waals surface area (Å²) >= 11 is 0. The van der Waals surface area contributed by atoms with Gasteiger partial charge in [-0.05, 0) is 61.1 Å². The van der Waals surface area contributed by atoms with Gasteiger partial charge in [0.05, 0.1) is 12.6 Å². The van der Waals surface area contributed by atoms with Gasteiger partial charge in [0.2, 0.25) is 0 Å². The summed E-state index contributed by atoms with van der Waals surface area (Å²) in [5.74, 6) is -0.0617. The molecule has 4 rings (SSSR count). The van der Waals surface area contributed by atoms with Crippen molar-refractivity contribution >= 4 is 17.8 Å². The first-order chi connectivity index (χ1) is 16.2. The summed E-state index contributed by atoms with van der Waals surface area (Å²) in [5, 5.41) is 3.09. The minimum atomic E-state index is -0.867. The molecule has 1 N–H and O–H groups in total. The van der Waals surface area contributed by atoms with Crippen LogP contribution in [0.25, 0.3) is 0 Å². The molecule has 0 radical (unpaired) electrons. The summed E-state index contributed by atoms with van der Waals surface area (Å²) in [6, 6.07) is 7.59. The van der Waals surface area contributed by atoms with E-state index in [0.29, 0.717) is 51.1 Å². The molecule has 4 amide bonds. The van der Waals surface area contributed by atoms with Gasteiger partial charge in [0.25, 0.3) is 11.8 Å². The third kappa shape index (κ3) is 4.72. The van der Waals surface area contributed by atoms with Crippen LogP contribution in [0.4, 0.5) is 4.79 Å². The molecule has 3 heterocycles. The Kier molecular flexibility index (Phi) is 7.04. The molecule has 7 nitrogen and oxygen atoms in total. The monoisotopic (exact) mass is 469 g/mol. The van der Waals surface area contributed by atoms with Crippen molar-refractivity contribution in [3.05, 3.63) is 35.4 Å². The summed E-state index contributed by atoms with van der Waals surface area (Å²) in [4.78, 5) is 42.8. The first-order valence-corrected chi connectivity index (χ1v) is 12.8. The lowest BCUT2D eigenvalue weighted by atomic mass is 9.74. The van der Waals surface area contributed by atoms with Crippen LogP contribution >= 0.6 is 0 Å². The van der Waals surface area contributed by atoms with E-state index in [1.165, 1.54) is 10.5 Å². The SMILES string of the molecule is CCCC1(C2CCN(C(=O)c3ccc(C(C)(C)C)cc3)CC2)NC(=O)N(CC2CCCO2)C1=O. The van der Waals surface area contributed by atoms with Gasteiger partial charge in [-0.2, -0.15) is 0 Å². The van der Waals surface area contributed by atoms with Crippen molar-refractivity contribution < 1.29 is 19.1 Å². The number of nitrogens with zero attached hydrogens (tertiary/aromatic N) is 2. The van der Waals surface area contributed by atoms with Crippen LogP contribution in [0.2, 0.25) is 0 Å². The van der Waals surface area contributed by atoms with Crippen molar-refractivity contribution in [1.29, 1.82) is 0 Å². The summed E-state index contributed by atoms with van der Waals surface area (Å²) in [5.41, 5.74) is 1.08. The molecule has 34 heavy (non-hydrogen) atoms. The number of piperidine rings is 1. The van der Waals surface area contributed by atoms with Crippen molar-refractivity contribution in [2.24, 2.45) is 5.92 Å². The number of hydrogen-bond donors (Lipinski definition) is 1. The van der Waals surface area contributed by atoms with Crippen LogP contribution in [0.1, 0.15) is 82.1 Å². The number of rotatable bonds is 6. The van der Waals surface area contributed by atoms with Gasteiger partial charge < -0.3 is 15.0 Å². The minimum Gasteiger partial charge on any atom is -0.376 e. The zero-order valence-corrected chi connectivity index (χ0v) is 21.1. The highest BCUT2D eigenvalue weighted by atomic mass is 16.5. The van der Waals surface area contributed by atoms with Gasteiger partial charge in [-0.1, -0.05) is 46.2 Å². The highest BCUT2D eigenvalue weighted by molar-refractivity contribution is 6.07. The van der Waals surface area contributed by atoms with E-state index >= 15 is 0 Å². The second-order valence-corrected chi connectivity index (χ2v) is 11.1. The molecule has 0 aromatic heterocycles. The molecule has 0 bridgehead atoms. The van der Waals surface area contributed by atoms with Gasteiger partial charge in [-0.3, -0.25) is 14.5 Å². The first kappa shape index (κ1) is 24.7. The van der Waals surface area contributed by atoms with Gasteiger partial charge in [0, 0.05) is 25.3 Å². The molecular formula is C27H39N3O4.